The summed E-state index contributed by atoms with van der Waals surface area (Å²) in [6.07, 6.45) is 2.44. The van der Waals surface area contributed by atoms with Crippen molar-refractivity contribution in [3.8, 4) is 11.6 Å². The molecule has 0 saturated heterocycles. The van der Waals surface area contributed by atoms with Crippen molar-refractivity contribution in [2.75, 3.05) is 0 Å². The maximum Gasteiger partial charge on any atom is 0.342 e. The number of carbonyl (C=O) groups is 1. The van der Waals surface area contributed by atoms with E-state index in [0.29, 0.717) is 5.75 Å². The van der Waals surface area contributed by atoms with Gasteiger partial charge < -0.3 is 9.84 Å². The zero-order valence-corrected chi connectivity index (χ0v) is 8.20. The highest BCUT2D eigenvalue weighted by molar-refractivity contribution is 5.89. The fourth-order valence-electron chi connectivity index (χ4n) is 1.15. The SMILES string of the molecule is O=C(O)c1cncnc1Oc1ccccc1. The Morgan fingerprint density at radius 3 is 2.69 bits per heavy atom. The Bertz CT molecular complexity index is 500. The van der Waals surface area contributed by atoms with Crippen molar-refractivity contribution >= 4 is 5.97 Å². The van der Waals surface area contributed by atoms with Crippen molar-refractivity contribution < 1.29 is 14.6 Å². The van der Waals surface area contributed by atoms with Gasteiger partial charge in [0.25, 0.3) is 0 Å². The maximum absolute atomic E-state index is 10.9. The summed E-state index contributed by atoms with van der Waals surface area (Å²) in [5, 5.41) is 8.88. The van der Waals surface area contributed by atoms with E-state index in [1.165, 1.54) is 12.5 Å². The third kappa shape index (κ3) is 2.14. The molecule has 5 heteroatoms. The molecule has 0 fully saturated rings. The average molecular weight is 216 g/mol. The molecular weight excluding hydrogens is 208 g/mol. The highest BCUT2D eigenvalue weighted by Gasteiger charge is 2.13. The fourth-order valence-corrected chi connectivity index (χ4v) is 1.15. The van der Waals surface area contributed by atoms with E-state index >= 15 is 0 Å². The van der Waals surface area contributed by atoms with Gasteiger partial charge in [-0.2, -0.15) is 0 Å². The highest BCUT2D eigenvalue weighted by Crippen LogP contribution is 2.21. The van der Waals surface area contributed by atoms with E-state index in [9.17, 15) is 4.79 Å². The van der Waals surface area contributed by atoms with Crippen molar-refractivity contribution in [2.45, 2.75) is 0 Å². The van der Waals surface area contributed by atoms with Gasteiger partial charge in [0.05, 0.1) is 0 Å². The zero-order valence-electron chi connectivity index (χ0n) is 8.20. The summed E-state index contributed by atoms with van der Waals surface area (Å²) in [4.78, 5) is 18.3. The first-order valence-electron chi connectivity index (χ1n) is 4.53. The summed E-state index contributed by atoms with van der Waals surface area (Å²) in [5.74, 6) is -0.552. The quantitative estimate of drug-likeness (QED) is 0.849. The molecule has 0 radical (unpaired) electrons. The van der Waals surface area contributed by atoms with Crippen LogP contribution < -0.4 is 4.74 Å². The van der Waals surface area contributed by atoms with Gasteiger partial charge >= 0.3 is 5.97 Å². The lowest BCUT2D eigenvalue weighted by Crippen LogP contribution is -2.02. The maximum atomic E-state index is 10.9. The Hall–Kier alpha value is -2.43. The molecule has 0 aliphatic heterocycles. The van der Waals surface area contributed by atoms with E-state index in [0.717, 1.165) is 0 Å². The molecule has 1 heterocycles. The molecule has 0 amide bonds. The monoisotopic (exact) mass is 216 g/mol. The molecule has 1 aromatic heterocycles. The van der Waals surface area contributed by atoms with Crippen LogP contribution in [0.3, 0.4) is 0 Å². The molecule has 0 bridgehead atoms. The number of hydrogen-bond donors (Lipinski definition) is 1. The second-order valence-electron chi connectivity index (χ2n) is 2.96. The zero-order chi connectivity index (χ0) is 11.4. The Kier molecular flexibility index (Phi) is 2.77. The fraction of sp³-hybridized carbons (Fsp3) is 0. The van der Waals surface area contributed by atoms with Gasteiger partial charge in [0.15, 0.2) is 0 Å². The minimum Gasteiger partial charge on any atom is -0.477 e. The Labute approximate surface area is 91.4 Å². The van der Waals surface area contributed by atoms with E-state index < -0.39 is 5.97 Å². The number of carboxylic acid groups (broad SMARTS) is 1. The molecule has 0 aliphatic carbocycles. The van der Waals surface area contributed by atoms with Crippen LogP contribution in [-0.2, 0) is 0 Å². The topological polar surface area (TPSA) is 72.3 Å². The first kappa shape index (κ1) is 10.1. The van der Waals surface area contributed by atoms with Gasteiger partial charge in [0.1, 0.15) is 17.6 Å². The van der Waals surface area contributed by atoms with Crippen LogP contribution in [0.1, 0.15) is 10.4 Å². The first-order valence-corrected chi connectivity index (χ1v) is 4.53. The van der Waals surface area contributed by atoms with Gasteiger partial charge in [-0.3, -0.25) is 0 Å². The van der Waals surface area contributed by atoms with Gasteiger partial charge in [-0.15, -0.1) is 0 Å². The standard InChI is InChI=1S/C11H8N2O3/c14-11(15)9-6-12-7-13-10(9)16-8-4-2-1-3-5-8/h1-7H,(H,14,15). The van der Waals surface area contributed by atoms with Crippen LogP contribution in [0.25, 0.3) is 0 Å². The summed E-state index contributed by atoms with van der Waals surface area (Å²) >= 11 is 0. The van der Waals surface area contributed by atoms with Crippen LogP contribution in [0.15, 0.2) is 42.9 Å². The lowest BCUT2D eigenvalue weighted by molar-refractivity contribution is 0.0693. The minimum absolute atomic E-state index is 0.0358. The normalized spacial score (nSPS) is 9.75. The molecule has 80 valence electrons. The van der Waals surface area contributed by atoms with E-state index in [4.69, 9.17) is 9.84 Å². The van der Waals surface area contributed by atoms with E-state index in [1.807, 2.05) is 6.07 Å². The summed E-state index contributed by atoms with van der Waals surface area (Å²) < 4.78 is 5.34. The van der Waals surface area contributed by atoms with Crippen LogP contribution in [0, 0.1) is 0 Å². The Balaban J connectivity index is 2.31. The summed E-state index contributed by atoms with van der Waals surface area (Å²) in [5.41, 5.74) is -0.0636. The molecule has 1 aromatic carbocycles. The number of para-hydroxylation sites is 1. The van der Waals surface area contributed by atoms with Crippen LogP contribution in [0.2, 0.25) is 0 Å². The lowest BCUT2D eigenvalue weighted by Gasteiger charge is -2.05. The molecule has 0 unspecified atom stereocenters. The van der Waals surface area contributed by atoms with Crippen LogP contribution >= 0.6 is 0 Å². The van der Waals surface area contributed by atoms with Crippen molar-refractivity contribution in [3.05, 3.63) is 48.4 Å². The number of carboxylic acids is 1. The van der Waals surface area contributed by atoms with Crippen molar-refractivity contribution in [1.29, 1.82) is 0 Å². The summed E-state index contributed by atoms with van der Waals surface area (Å²) in [7, 11) is 0. The van der Waals surface area contributed by atoms with Crippen molar-refractivity contribution in [3.63, 3.8) is 0 Å². The molecule has 5 nitrogen and oxygen atoms in total. The number of aromatic carboxylic acids is 1. The average Bonchev–Trinajstić information content (AvgIpc) is 2.31. The highest BCUT2D eigenvalue weighted by atomic mass is 16.5. The second kappa shape index (κ2) is 4.39. The first-order chi connectivity index (χ1) is 7.77. The lowest BCUT2D eigenvalue weighted by atomic mass is 10.3. The number of hydrogen-bond acceptors (Lipinski definition) is 4. The molecule has 0 atom stereocenters. The van der Waals surface area contributed by atoms with E-state index in [1.54, 1.807) is 24.3 Å². The molecular formula is C11H8N2O3. The Morgan fingerprint density at radius 2 is 2.00 bits per heavy atom. The second-order valence-corrected chi connectivity index (χ2v) is 2.96. The number of aromatic nitrogens is 2. The van der Waals surface area contributed by atoms with Crippen LogP contribution in [0.5, 0.6) is 11.6 Å². The number of rotatable bonds is 3. The predicted molar refractivity (Wildman–Crippen MR) is 55.5 cm³/mol. The number of nitrogens with zero attached hydrogens (tertiary/aromatic N) is 2. The molecule has 2 aromatic rings. The minimum atomic E-state index is -1.12. The van der Waals surface area contributed by atoms with E-state index in [2.05, 4.69) is 9.97 Å². The third-order valence-electron chi connectivity index (χ3n) is 1.86. The molecule has 0 saturated carbocycles. The Morgan fingerprint density at radius 1 is 1.25 bits per heavy atom. The van der Waals surface area contributed by atoms with Gasteiger partial charge in [-0.05, 0) is 12.1 Å². The summed E-state index contributed by atoms with van der Waals surface area (Å²) in [6.45, 7) is 0. The largest absolute Gasteiger partial charge is 0.477 e. The molecule has 1 N–H and O–H groups in total. The van der Waals surface area contributed by atoms with Crippen LogP contribution in [-0.4, -0.2) is 21.0 Å². The van der Waals surface area contributed by atoms with Crippen molar-refractivity contribution in [1.82, 2.24) is 9.97 Å². The van der Waals surface area contributed by atoms with E-state index in [-0.39, 0.29) is 11.4 Å². The van der Waals surface area contributed by atoms with Gasteiger partial charge in [-0.25, -0.2) is 14.8 Å². The summed E-state index contributed by atoms with van der Waals surface area (Å²) in [6, 6.07) is 8.85. The smallest absolute Gasteiger partial charge is 0.342 e. The molecule has 0 spiro atoms. The van der Waals surface area contributed by atoms with Gasteiger partial charge in [0, 0.05) is 6.20 Å². The van der Waals surface area contributed by atoms with Crippen molar-refractivity contribution in [2.24, 2.45) is 0 Å². The number of benzene rings is 1. The molecule has 2 rings (SSSR count). The van der Waals surface area contributed by atoms with Gasteiger partial charge in [0.2, 0.25) is 5.88 Å². The molecule has 0 aliphatic rings. The van der Waals surface area contributed by atoms with Crippen LogP contribution in [0.4, 0.5) is 0 Å². The van der Waals surface area contributed by atoms with Gasteiger partial charge in [-0.1, -0.05) is 18.2 Å². The third-order valence-corrected chi connectivity index (χ3v) is 1.86. The predicted octanol–water partition coefficient (Wildman–Crippen LogP) is 1.97. The molecule has 16 heavy (non-hydrogen) atoms. The number of ether oxygens (including phenoxy) is 1.